The van der Waals surface area contributed by atoms with Crippen molar-refractivity contribution in [2.75, 3.05) is 0 Å². The fourth-order valence-electron chi connectivity index (χ4n) is 5.61. The van der Waals surface area contributed by atoms with Crippen molar-refractivity contribution < 1.29 is 28.0 Å². The third-order valence-electron chi connectivity index (χ3n) is 7.94. The molecular weight excluding hydrogens is 509 g/mol. The zero-order chi connectivity index (χ0) is 28.3. The smallest absolute Gasteiger partial charge is 0.348 e. The van der Waals surface area contributed by atoms with Crippen LogP contribution in [-0.2, 0) is 25.6 Å². The highest BCUT2D eigenvalue weighted by Gasteiger charge is 2.48. The van der Waals surface area contributed by atoms with Crippen LogP contribution in [0, 0.1) is 0 Å². The van der Waals surface area contributed by atoms with E-state index in [4.69, 9.17) is 11.6 Å². The molecule has 38 heavy (non-hydrogen) atoms. The van der Waals surface area contributed by atoms with Crippen molar-refractivity contribution in [2.24, 2.45) is 0 Å². The predicted molar refractivity (Wildman–Crippen MR) is 156 cm³/mol. The van der Waals surface area contributed by atoms with E-state index in [2.05, 4.69) is 5.32 Å². The van der Waals surface area contributed by atoms with Crippen LogP contribution in [-0.4, -0.2) is 86.6 Å². The molecule has 0 spiro atoms. The summed E-state index contributed by atoms with van der Waals surface area (Å²) in [5, 5.41) is 1.41. The molecule has 0 saturated carbocycles. The van der Waals surface area contributed by atoms with Gasteiger partial charge in [-0.2, -0.15) is 8.78 Å². The second-order valence-corrected chi connectivity index (χ2v) is 11.0. The van der Waals surface area contributed by atoms with Crippen molar-refractivity contribution in [2.45, 2.75) is 36.1 Å². The SMILES string of the molecule is Bc1cc(C(B)(B)N(B)C(=O)C(F)(F)c2ccc(Cl)cc2)c(B)c2c1C(=O)N(C1CCC(=O)NC1=O)C2B. The number of piperidine rings is 1. The second kappa shape index (κ2) is 9.67. The Balaban J connectivity index is 1.72. The lowest BCUT2D eigenvalue weighted by molar-refractivity contribution is -0.155. The van der Waals surface area contributed by atoms with Gasteiger partial charge in [0.1, 0.15) is 45.3 Å². The minimum absolute atomic E-state index is 0.133. The minimum Gasteiger partial charge on any atom is -0.393 e. The van der Waals surface area contributed by atoms with E-state index in [1.54, 1.807) is 45.3 Å². The topological polar surface area (TPSA) is 86.8 Å². The molecular formula is C22H24B6ClF2N3O4. The molecule has 1 saturated heterocycles. The van der Waals surface area contributed by atoms with E-state index in [1.807, 2.05) is 0 Å². The second-order valence-electron chi connectivity index (χ2n) is 10.5. The highest BCUT2D eigenvalue weighted by Crippen LogP contribution is 2.37. The Morgan fingerprint density at radius 2 is 1.74 bits per heavy atom. The van der Waals surface area contributed by atoms with E-state index in [9.17, 15) is 19.2 Å². The van der Waals surface area contributed by atoms with Crippen molar-refractivity contribution in [1.29, 1.82) is 0 Å². The standard InChI is InChI=1S/C22H24B6ClF2N3O4/c23-11-7-10(22(26,27)34(28)20(38)21(30,31)8-1-3-9(29)4-2-8)16(24)15-14(11)19(37)33(17(15)25)12-5-6-13(35)32-18(12)36/h1-4,7,12,17H,5-6,23-28H2,(H,32,35,36). The summed E-state index contributed by atoms with van der Waals surface area (Å²) in [6, 6.07) is 5.83. The number of imide groups is 1. The number of fused-ring (bicyclic) bond motifs is 1. The summed E-state index contributed by atoms with van der Waals surface area (Å²) in [5.41, 5.74) is 2.59. The summed E-state index contributed by atoms with van der Waals surface area (Å²) in [6.45, 7) is 0. The van der Waals surface area contributed by atoms with Crippen molar-refractivity contribution >= 4 is 93.4 Å². The number of hydrogen-bond acceptors (Lipinski definition) is 4. The van der Waals surface area contributed by atoms with Gasteiger partial charge in [-0.25, -0.2) is 0 Å². The molecule has 0 aromatic heterocycles. The summed E-state index contributed by atoms with van der Waals surface area (Å²) >= 11 is 5.83. The lowest BCUT2D eigenvalue weighted by Crippen LogP contribution is -2.56. The van der Waals surface area contributed by atoms with Crippen LogP contribution in [0.2, 0.25) is 5.02 Å². The fraction of sp³-hybridized carbons (Fsp3) is 0.273. The first kappa shape index (κ1) is 28.1. The van der Waals surface area contributed by atoms with Gasteiger partial charge in [0.05, 0.1) is 0 Å². The fourth-order valence-corrected chi connectivity index (χ4v) is 5.74. The normalized spacial score (nSPS) is 19.8. The van der Waals surface area contributed by atoms with Crippen LogP contribution in [0.1, 0.15) is 45.8 Å². The van der Waals surface area contributed by atoms with Gasteiger partial charge in [-0.05, 0) is 35.0 Å². The summed E-state index contributed by atoms with van der Waals surface area (Å²) < 4.78 is 30.5. The molecule has 2 aliphatic heterocycles. The molecule has 2 aromatic rings. The van der Waals surface area contributed by atoms with Gasteiger partial charge in [0.15, 0.2) is 0 Å². The highest BCUT2D eigenvalue weighted by molar-refractivity contribution is 6.48. The quantitative estimate of drug-likeness (QED) is 0.310. The summed E-state index contributed by atoms with van der Waals surface area (Å²) in [6.07, 6.45) is 0.358. The number of alkyl halides is 2. The van der Waals surface area contributed by atoms with Gasteiger partial charge in [-0.3, -0.25) is 24.5 Å². The Bertz CT molecular complexity index is 1380. The van der Waals surface area contributed by atoms with Gasteiger partial charge in [0.2, 0.25) is 19.8 Å². The average Bonchev–Trinajstić information content (AvgIpc) is 3.11. The Morgan fingerprint density at radius 3 is 2.32 bits per heavy atom. The molecule has 1 N–H and O–H groups in total. The van der Waals surface area contributed by atoms with Crippen molar-refractivity contribution in [3.63, 3.8) is 0 Å². The Morgan fingerprint density at radius 1 is 1.13 bits per heavy atom. The van der Waals surface area contributed by atoms with Crippen molar-refractivity contribution in [3.05, 3.63) is 57.6 Å². The lowest BCUT2D eigenvalue weighted by atomic mass is 9.52. The summed E-state index contributed by atoms with van der Waals surface area (Å²) in [5.74, 6) is -6.86. The third kappa shape index (κ3) is 4.38. The van der Waals surface area contributed by atoms with E-state index in [-0.39, 0.29) is 29.7 Å². The highest BCUT2D eigenvalue weighted by atomic mass is 35.5. The monoisotopic (exact) mass is 533 g/mol. The number of carbonyl (C=O) groups excluding carboxylic acids is 4. The number of hydrogen-bond donors (Lipinski definition) is 1. The number of carbonyl (C=O) groups is 4. The van der Waals surface area contributed by atoms with Crippen LogP contribution in [0.5, 0.6) is 0 Å². The maximum Gasteiger partial charge on any atom is 0.348 e. The first-order valence-electron chi connectivity index (χ1n) is 12.3. The van der Waals surface area contributed by atoms with Crippen LogP contribution >= 0.6 is 11.6 Å². The number of benzene rings is 2. The summed E-state index contributed by atoms with van der Waals surface area (Å²) in [4.78, 5) is 53.4. The molecule has 1 fully saturated rings. The van der Waals surface area contributed by atoms with E-state index in [1.165, 1.54) is 25.0 Å². The molecule has 190 valence electrons. The van der Waals surface area contributed by atoms with Crippen LogP contribution in [0.15, 0.2) is 30.3 Å². The van der Waals surface area contributed by atoms with E-state index < -0.39 is 40.6 Å². The van der Waals surface area contributed by atoms with Crippen LogP contribution in [0.25, 0.3) is 0 Å². The van der Waals surface area contributed by atoms with Gasteiger partial charge in [-0.1, -0.05) is 40.7 Å². The van der Waals surface area contributed by atoms with E-state index in [0.717, 1.165) is 16.9 Å². The van der Waals surface area contributed by atoms with Gasteiger partial charge in [0.25, 0.3) is 11.8 Å². The first-order valence-corrected chi connectivity index (χ1v) is 12.7. The molecule has 4 rings (SSSR count). The van der Waals surface area contributed by atoms with Gasteiger partial charge >= 0.3 is 5.92 Å². The number of halogens is 3. The van der Waals surface area contributed by atoms with Crippen LogP contribution < -0.4 is 16.2 Å². The largest absolute Gasteiger partial charge is 0.393 e. The number of nitrogens with zero attached hydrogens (tertiary/aromatic N) is 2. The van der Waals surface area contributed by atoms with Crippen molar-refractivity contribution in [3.8, 4) is 0 Å². The molecule has 2 heterocycles. The van der Waals surface area contributed by atoms with Gasteiger partial charge in [0, 0.05) is 28.5 Å². The third-order valence-corrected chi connectivity index (χ3v) is 8.19. The molecule has 16 heteroatoms. The first-order chi connectivity index (χ1) is 17.6. The zero-order valence-electron chi connectivity index (χ0n) is 22.1. The number of rotatable bonds is 5. The molecule has 2 unspecified atom stereocenters. The van der Waals surface area contributed by atoms with E-state index >= 15 is 8.78 Å². The lowest BCUT2D eigenvalue weighted by Gasteiger charge is -2.41. The number of nitrogens with one attached hydrogen (secondary N) is 1. The molecule has 7 nitrogen and oxygen atoms in total. The summed E-state index contributed by atoms with van der Waals surface area (Å²) in [7, 11) is 10.0. The molecule has 2 atom stereocenters. The Kier molecular flexibility index (Phi) is 7.14. The van der Waals surface area contributed by atoms with Gasteiger partial charge < -0.3 is 9.71 Å². The molecule has 0 bridgehead atoms. The maximum absolute atomic E-state index is 15.3. The van der Waals surface area contributed by atoms with Crippen LogP contribution in [0.4, 0.5) is 8.78 Å². The molecule has 4 amide bonds. The predicted octanol–water partition coefficient (Wildman–Crippen LogP) is -4.71. The number of amides is 4. The maximum atomic E-state index is 15.3. The van der Waals surface area contributed by atoms with E-state index in [0.29, 0.717) is 27.6 Å². The van der Waals surface area contributed by atoms with Gasteiger partial charge in [-0.15, -0.1) is 0 Å². The minimum atomic E-state index is -3.79. The Labute approximate surface area is 229 Å². The zero-order valence-corrected chi connectivity index (χ0v) is 22.9. The molecule has 2 aromatic carbocycles. The van der Waals surface area contributed by atoms with Crippen molar-refractivity contribution in [1.82, 2.24) is 15.0 Å². The van der Waals surface area contributed by atoms with Crippen LogP contribution in [0.3, 0.4) is 0 Å². The molecule has 2 aliphatic rings. The Hall–Kier alpha value is -2.94. The molecule has 0 aliphatic carbocycles. The average molecular weight is 533 g/mol. The molecule has 0 radical (unpaired) electrons.